The molecule has 224 valence electrons. The third-order valence-electron chi connectivity index (χ3n) is 7.56. The average Bonchev–Trinajstić information content (AvgIpc) is 2.86. The Morgan fingerprint density at radius 2 is 0.825 bits per heavy atom. The smallest absolute Gasteiger partial charge is 0.338 e. The second-order valence-corrected chi connectivity index (χ2v) is 13.1. The number of aliphatic hydroxyl groups is 2. The molecule has 0 aliphatic rings. The molecule has 0 saturated carbocycles. The highest BCUT2D eigenvalue weighted by Gasteiger charge is 2.26. The van der Waals surface area contributed by atoms with Crippen LogP contribution in [0.15, 0.2) is 48.5 Å². The number of ether oxygens (including phenoxy) is 2. The fourth-order valence-corrected chi connectivity index (χ4v) is 3.69. The molecule has 0 saturated heterocycles. The molecule has 4 atom stereocenters. The number of carbonyl (C=O) groups excluding carboxylic acids is 2. The Bertz CT molecular complexity index is 970. The molecule has 2 aromatic carbocycles. The standard InChI is InChI=1S/C28H38O4.C6H14O2/c1-18(19(2)31-25(29)21-10-14-23(15-11-21)27(4,5)6)20(3)32-26(30)22-12-16-24(17-13-22)28(7,8)9;1-4(5(2)7)6(3)8/h10-20H,1-9H3;4-8H,1-3H3. The summed E-state index contributed by atoms with van der Waals surface area (Å²) in [4.78, 5) is 25.1. The zero-order valence-corrected chi connectivity index (χ0v) is 26.6. The van der Waals surface area contributed by atoms with Gasteiger partial charge in [-0.15, -0.1) is 0 Å². The van der Waals surface area contributed by atoms with Crippen LogP contribution in [0.2, 0.25) is 0 Å². The summed E-state index contributed by atoms with van der Waals surface area (Å²) in [6.45, 7) is 23.5. The van der Waals surface area contributed by atoms with E-state index in [1.165, 1.54) is 0 Å². The highest BCUT2D eigenvalue weighted by atomic mass is 16.6. The summed E-state index contributed by atoms with van der Waals surface area (Å²) in [7, 11) is 0. The van der Waals surface area contributed by atoms with Crippen molar-refractivity contribution in [2.45, 2.75) is 118 Å². The summed E-state index contributed by atoms with van der Waals surface area (Å²) in [5.74, 6) is -0.928. The van der Waals surface area contributed by atoms with Gasteiger partial charge in [-0.1, -0.05) is 79.7 Å². The van der Waals surface area contributed by atoms with Crippen molar-refractivity contribution >= 4 is 11.9 Å². The van der Waals surface area contributed by atoms with Crippen LogP contribution in [0.5, 0.6) is 0 Å². The van der Waals surface area contributed by atoms with Gasteiger partial charge in [-0.25, -0.2) is 9.59 Å². The van der Waals surface area contributed by atoms with Gasteiger partial charge in [-0.05, 0) is 73.9 Å². The van der Waals surface area contributed by atoms with Crippen molar-refractivity contribution in [3.05, 3.63) is 70.8 Å². The van der Waals surface area contributed by atoms with Crippen molar-refractivity contribution in [1.82, 2.24) is 0 Å². The quantitative estimate of drug-likeness (QED) is 0.337. The Labute approximate surface area is 242 Å². The molecule has 0 aliphatic carbocycles. The molecule has 6 heteroatoms. The molecule has 0 heterocycles. The molecular weight excluding hydrogens is 504 g/mol. The Morgan fingerprint density at radius 3 is 1.02 bits per heavy atom. The fraction of sp³-hybridized carbons (Fsp3) is 0.588. The Balaban J connectivity index is 0.000000869. The molecule has 2 N–H and O–H groups in total. The first-order valence-electron chi connectivity index (χ1n) is 14.2. The van der Waals surface area contributed by atoms with Gasteiger partial charge in [0.1, 0.15) is 12.2 Å². The topological polar surface area (TPSA) is 93.1 Å². The normalized spacial score (nSPS) is 16.4. The van der Waals surface area contributed by atoms with E-state index in [1.54, 1.807) is 38.1 Å². The summed E-state index contributed by atoms with van der Waals surface area (Å²) < 4.78 is 11.3. The molecule has 0 aromatic heterocycles. The minimum absolute atomic E-state index is 0.0185. The molecule has 2 aromatic rings. The zero-order valence-electron chi connectivity index (χ0n) is 26.6. The maximum Gasteiger partial charge on any atom is 0.338 e. The van der Waals surface area contributed by atoms with E-state index in [-0.39, 0.29) is 34.6 Å². The molecular formula is C34H52O6. The van der Waals surface area contributed by atoms with Crippen LogP contribution in [-0.2, 0) is 20.3 Å². The van der Waals surface area contributed by atoms with Crippen LogP contribution in [0.4, 0.5) is 0 Å². The number of benzene rings is 2. The van der Waals surface area contributed by atoms with Crippen molar-refractivity contribution in [1.29, 1.82) is 0 Å². The number of esters is 2. The first kappa shape index (κ1) is 35.3. The average molecular weight is 557 g/mol. The minimum atomic E-state index is -0.407. The zero-order chi connectivity index (χ0) is 31.0. The van der Waals surface area contributed by atoms with Crippen LogP contribution >= 0.6 is 0 Å². The lowest BCUT2D eigenvalue weighted by Crippen LogP contribution is -2.32. The lowest BCUT2D eigenvalue weighted by molar-refractivity contribution is -0.0175. The van der Waals surface area contributed by atoms with E-state index in [4.69, 9.17) is 19.7 Å². The molecule has 0 spiro atoms. The lowest BCUT2D eigenvalue weighted by Gasteiger charge is -2.26. The van der Waals surface area contributed by atoms with Crippen molar-refractivity contribution in [3.63, 3.8) is 0 Å². The predicted molar refractivity (Wildman–Crippen MR) is 162 cm³/mol. The van der Waals surface area contributed by atoms with Gasteiger partial charge in [0.2, 0.25) is 0 Å². The maximum atomic E-state index is 12.6. The molecule has 0 radical (unpaired) electrons. The maximum absolute atomic E-state index is 12.6. The van der Waals surface area contributed by atoms with Gasteiger partial charge in [0.15, 0.2) is 0 Å². The van der Waals surface area contributed by atoms with Crippen LogP contribution in [-0.4, -0.2) is 46.6 Å². The van der Waals surface area contributed by atoms with Crippen molar-refractivity contribution in [3.8, 4) is 0 Å². The molecule has 0 amide bonds. The second-order valence-electron chi connectivity index (χ2n) is 13.1. The van der Waals surface area contributed by atoms with E-state index < -0.39 is 24.4 Å². The van der Waals surface area contributed by atoms with Gasteiger partial charge in [0.25, 0.3) is 0 Å². The van der Waals surface area contributed by atoms with Gasteiger partial charge in [-0.3, -0.25) is 0 Å². The molecule has 0 fully saturated rings. The fourth-order valence-electron chi connectivity index (χ4n) is 3.69. The van der Waals surface area contributed by atoms with Crippen LogP contribution in [0.25, 0.3) is 0 Å². The van der Waals surface area contributed by atoms with Crippen LogP contribution in [0.1, 0.15) is 115 Å². The third kappa shape index (κ3) is 11.1. The first-order chi connectivity index (χ1) is 18.2. The van der Waals surface area contributed by atoms with Gasteiger partial charge < -0.3 is 19.7 Å². The first-order valence-corrected chi connectivity index (χ1v) is 14.2. The number of rotatable bonds is 8. The van der Waals surface area contributed by atoms with Gasteiger partial charge in [-0.2, -0.15) is 0 Å². The van der Waals surface area contributed by atoms with E-state index in [0.717, 1.165) is 11.1 Å². The van der Waals surface area contributed by atoms with E-state index in [2.05, 4.69) is 41.5 Å². The highest BCUT2D eigenvalue weighted by molar-refractivity contribution is 5.90. The van der Waals surface area contributed by atoms with Crippen LogP contribution < -0.4 is 0 Å². The van der Waals surface area contributed by atoms with Crippen molar-refractivity contribution in [2.75, 3.05) is 0 Å². The summed E-state index contributed by atoms with van der Waals surface area (Å²) in [6, 6.07) is 15.0. The molecule has 40 heavy (non-hydrogen) atoms. The summed E-state index contributed by atoms with van der Waals surface area (Å²) in [5, 5.41) is 17.7. The van der Waals surface area contributed by atoms with Crippen molar-refractivity contribution < 1.29 is 29.3 Å². The van der Waals surface area contributed by atoms with E-state index in [9.17, 15) is 9.59 Å². The number of hydrogen-bond acceptors (Lipinski definition) is 6. The number of carbonyl (C=O) groups is 2. The summed E-state index contributed by atoms with van der Waals surface area (Å²) in [5.41, 5.74) is 3.40. The molecule has 4 unspecified atom stereocenters. The summed E-state index contributed by atoms with van der Waals surface area (Å²) >= 11 is 0. The number of hydrogen-bond donors (Lipinski definition) is 2. The summed E-state index contributed by atoms with van der Waals surface area (Å²) in [6.07, 6.45) is -1.63. The van der Waals surface area contributed by atoms with E-state index >= 15 is 0 Å². The predicted octanol–water partition coefficient (Wildman–Crippen LogP) is 7.09. The Kier molecular flexibility index (Phi) is 13.1. The molecule has 6 nitrogen and oxygen atoms in total. The van der Waals surface area contributed by atoms with Gasteiger partial charge in [0, 0.05) is 11.8 Å². The van der Waals surface area contributed by atoms with Crippen LogP contribution in [0, 0.1) is 11.8 Å². The second kappa shape index (κ2) is 14.8. The lowest BCUT2D eigenvalue weighted by atomic mass is 9.87. The number of aliphatic hydroxyl groups excluding tert-OH is 2. The van der Waals surface area contributed by atoms with E-state index in [1.807, 2.05) is 52.0 Å². The molecule has 0 aliphatic heterocycles. The molecule has 2 rings (SSSR count). The Morgan fingerprint density at radius 1 is 0.550 bits per heavy atom. The largest absolute Gasteiger partial charge is 0.459 e. The van der Waals surface area contributed by atoms with Crippen molar-refractivity contribution in [2.24, 2.45) is 11.8 Å². The van der Waals surface area contributed by atoms with E-state index in [0.29, 0.717) is 11.1 Å². The minimum Gasteiger partial charge on any atom is -0.459 e. The molecule has 0 bridgehead atoms. The van der Waals surface area contributed by atoms with Crippen LogP contribution in [0.3, 0.4) is 0 Å². The van der Waals surface area contributed by atoms with Gasteiger partial charge in [0.05, 0.1) is 23.3 Å². The van der Waals surface area contributed by atoms with Gasteiger partial charge >= 0.3 is 11.9 Å². The third-order valence-corrected chi connectivity index (χ3v) is 7.56. The Hall–Kier alpha value is -2.70. The SMILES string of the molecule is CC(O)C(C)C(C)O.CC(OC(=O)c1ccc(C(C)(C)C)cc1)C(C)C(C)OC(=O)c1ccc(C(C)(C)C)cc1. The monoisotopic (exact) mass is 556 g/mol. The highest BCUT2D eigenvalue weighted by Crippen LogP contribution is 2.25.